The summed E-state index contributed by atoms with van der Waals surface area (Å²) < 4.78 is 5.36. The Labute approximate surface area is 88.0 Å². The number of unbranched alkanes of at least 4 members (excludes halogenated alkanes) is 1. The first-order valence-corrected chi connectivity index (χ1v) is 4.67. The second-order valence-electron chi connectivity index (χ2n) is 2.77. The summed E-state index contributed by atoms with van der Waals surface area (Å²) in [5, 5.41) is 8.82. The molecule has 2 N–H and O–H groups in total. The second kappa shape index (κ2) is 5.36. The number of hydrogen-bond acceptors (Lipinski definition) is 3. The highest BCUT2D eigenvalue weighted by Crippen LogP contribution is 2.30. The number of nitrogens with zero attached hydrogens (tertiary/aromatic N) is 1. The van der Waals surface area contributed by atoms with Crippen LogP contribution in [0.1, 0.15) is 12.8 Å². The Hall–Kier alpha value is -1.40. The summed E-state index contributed by atoms with van der Waals surface area (Å²) in [4.78, 5) is 0. The molecule has 1 aromatic carbocycles. The lowest BCUT2D eigenvalue weighted by Gasteiger charge is -2.09. The number of nitriles is 1. The molecule has 0 saturated carbocycles. The highest BCUT2D eigenvalue weighted by Gasteiger charge is 2.04. The highest BCUT2D eigenvalue weighted by molar-refractivity contribution is 6.32. The Balaban J connectivity index is 2.54. The van der Waals surface area contributed by atoms with Crippen molar-refractivity contribution in [1.82, 2.24) is 0 Å². The molecule has 3 nitrogen and oxygen atoms in total. The van der Waals surface area contributed by atoms with Crippen molar-refractivity contribution in [1.29, 1.82) is 5.26 Å². The summed E-state index contributed by atoms with van der Waals surface area (Å²) in [6.07, 6.45) is 1.16. The van der Waals surface area contributed by atoms with Gasteiger partial charge in [-0.25, -0.2) is 0 Å². The summed E-state index contributed by atoms with van der Waals surface area (Å²) in [7, 11) is 0. The van der Waals surface area contributed by atoms with Gasteiger partial charge < -0.3 is 10.5 Å². The zero-order valence-electron chi connectivity index (χ0n) is 7.66. The summed E-state index contributed by atoms with van der Waals surface area (Å²) >= 11 is 5.87. The molecular formula is C10H11ClN2O. The largest absolute Gasteiger partial charge is 0.490 e. The van der Waals surface area contributed by atoms with Gasteiger partial charge in [0.05, 0.1) is 23.4 Å². The number of halogens is 1. The van der Waals surface area contributed by atoms with Crippen LogP contribution in [0.4, 0.5) is 5.69 Å². The van der Waals surface area contributed by atoms with Gasteiger partial charge in [0.1, 0.15) is 0 Å². The summed E-state index contributed by atoms with van der Waals surface area (Å²) in [5.41, 5.74) is 6.18. The van der Waals surface area contributed by atoms with E-state index in [0.717, 1.165) is 0 Å². The number of hydrogen-bond donors (Lipinski definition) is 1. The number of rotatable bonds is 4. The van der Waals surface area contributed by atoms with Gasteiger partial charge in [0, 0.05) is 6.42 Å². The van der Waals surface area contributed by atoms with Gasteiger partial charge in [-0.3, -0.25) is 0 Å². The third-order valence-corrected chi connectivity index (χ3v) is 1.97. The van der Waals surface area contributed by atoms with Crippen molar-refractivity contribution >= 4 is 17.3 Å². The molecule has 74 valence electrons. The van der Waals surface area contributed by atoms with Crippen LogP contribution in [-0.4, -0.2) is 6.61 Å². The van der Waals surface area contributed by atoms with E-state index in [-0.39, 0.29) is 0 Å². The molecule has 0 unspecified atom stereocenters. The van der Waals surface area contributed by atoms with Crippen molar-refractivity contribution in [2.45, 2.75) is 12.8 Å². The van der Waals surface area contributed by atoms with Gasteiger partial charge in [0.25, 0.3) is 0 Å². The van der Waals surface area contributed by atoms with Gasteiger partial charge in [-0.05, 0) is 18.6 Å². The molecule has 0 heterocycles. The van der Waals surface area contributed by atoms with Crippen LogP contribution in [0.25, 0.3) is 0 Å². The topological polar surface area (TPSA) is 59.0 Å². The van der Waals surface area contributed by atoms with Crippen molar-refractivity contribution < 1.29 is 4.74 Å². The van der Waals surface area contributed by atoms with Crippen molar-refractivity contribution in [2.24, 2.45) is 0 Å². The number of nitrogen functional groups attached to an aromatic ring is 1. The minimum Gasteiger partial charge on any atom is -0.490 e. The fourth-order valence-electron chi connectivity index (χ4n) is 1.00. The standard InChI is InChI=1S/C10H11ClN2O/c11-8-4-3-5-9(13)10(8)14-7-2-1-6-12/h3-5H,1-2,7,13H2. The highest BCUT2D eigenvalue weighted by atomic mass is 35.5. The molecule has 0 bridgehead atoms. The van der Waals surface area contributed by atoms with Crippen molar-refractivity contribution in [2.75, 3.05) is 12.3 Å². The molecule has 0 amide bonds. The first-order valence-electron chi connectivity index (χ1n) is 4.29. The van der Waals surface area contributed by atoms with Gasteiger partial charge in [0.2, 0.25) is 0 Å². The van der Waals surface area contributed by atoms with Crippen LogP contribution in [0.2, 0.25) is 5.02 Å². The van der Waals surface area contributed by atoms with E-state index in [0.29, 0.717) is 35.9 Å². The molecule has 0 spiro atoms. The van der Waals surface area contributed by atoms with Crippen LogP contribution in [0, 0.1) is 11.3 Å². The van der Waals surface area contributed by atoms with Crippen molar-refractivity contribution in [3.05, 3.63) is 23.2 Å². The first-order chi connectivity index (χ1) is 6.75. The monoisotopic (exact) mass is 210 g/mol. The van der Waals surface area contributed by atoms with Crippen LogP contribution >= 0.6 is 11.6 Å². The Morgan fingerprint density at radius 1 is 1.50 bits per heavy atom. The molecule has 0 atom stereocenters. The van der Waals surface area contributed by atoms with Crippen LogP contribution in [0.5, 0.6) is 5.75 Å². The summed E-state index contributed by atoms with van der Waals surface area (Å²) in [6.45, 7) is 0.460. The third-order valence-electron chi connectivity index (χ3n) is 1.68. The van der Waals surface area contributed by atoms with E-state index >= 15 is 0 Å². The van der Waals surface area contributed by atoms with Gasteiger partial charge >= 0.3 is 0 Å². The van der Waals surface area contributed by atoms with Gasteiger partial charge in [-0.2, -0.15) is 5.26 Å². The maximum atomic E-state index is 8.32. The normalized spacial score (nSPS) is 9.43. The van der Waals surface area contributed by atoms with E-state index in [1.807, 2.05) is 6.07 Å². The van der Waals surface area contributed by atoms with Crippen molar-refractivity contribution in [3.63, 3.8) is 0 Å². The van der Waals surface area contributed by atoms with Crippen LogP contribution in [0.15, 0.2) is 18.2 Å². The van der Waals surface area contributed by atoms with E-state index in [1.54, 1.807) is 18.2 Å². The molecule has 0 fully saturated rings. The number of nitrogens with two attached hydrogens (primary N) is 1. The second-order valence-corrected chi connectivity index (χ2v) is 3.18. The predicted octanol–water partition coefficient (Wildman–Crippen LogP) is 2.60. The number of ether oxygens (including phenoxy) is 1. The lowest BCUT2D eigenvalue weighted by molar-refractivity contribution is 0.314. The molecule has 0 saturated heterocycles. The van der Waals surface area contributed by atoms with E-state index < -0.39 is 0 Å². The zero-order valence-corrected chi connectivity index (χ0v) is 8.42. The smallest absolute Gasteiger partial charge is 0.160 e. The van der Waals surface area contributed by atoms with E-state index in [1.165, 1.54) is 0 Å². The fourth-order valence-corrected chi connectivity index (χ4v) is 1.24. The zero-order chi connectivity index (χ0) is 10.4. The van der Waals surface area contributed by atoms with Gasteiger partial charge in [0.15, 0.2) is 5.75 Å². The quantitative estimate of drug-likeness (QED) is 0.614. The SMILES string of the molecule is N#CCCCOc1c(N)cccc1Cl. The molecule has 0 radical (unpaired) electrons. The van der Waals surface area contributed by atoms with Crippen LogP contribution < -0.4 is 10.5 Å². The first kappa shape index (κ1) is 10.7. The lowest BCUT2D eigenvalue weighted by atomic mass is 10.3. The molecule has 0 aliphatic rings. The lowest BCUT2D eigenvalue weighted by Crippen LogP contribution is -2.00. The van der Waals surface area contributed by atoms with E-state index in [9.17, 15) is 0 Å². The summed E-state index contributed by atoms with van der Waals surface area (Å²) in [5.74, 6) is 0.507. The van der Waals surface area contributed by atoms with Crippen LogP contribution in [0.3, 0.4) is 0 Å². The van der Waals surface area contributed by atoms with Crippen molar-refractivity contribution in [3.8, 4) is 11.8 Å². The minimum absolute atomic E-state index is 0.460. The minimum atomic E-state index is 0.460. The number of para-hydroxylation sites is 1. The molecule has 14 heavy (non-hydrogen) atoms. The van der Waals surface area contributed by atoms with Crippen LogP contribution in [-0.2, 0) is 0 Å². The Morgan fingerprint density at radius 2 is 2.29 bits per heavy atom. The number of benzene rings is 1. The molecule has 0 aliphatic carbocycles. The molecule has 1 aromatic rings. The fraction of sp³-hybridized carbons (Fsp3) is 0.300. The third kappa shape index (κ3) is 2.82. The average molecular weight is 211 g/mol. The molecule has 4 heteroatoms. The number of anilines is 1. The molecule has 0 aromatic heterocycles. The average Bonchev–Trinajstić information content (AvgIpc) is 2.16. The maximum Gasteiger partial charge on any atom is 0.160 e. The van der Waals surface area contributed by atoms with E-state index in [2.05, 4.69) is 0 Å². The Morgan fingerprint density at radius 3 is 2.93 bits per heavy atom. The Kier molecular flexibility index (Phi) is 4.09. The Bertz CT molecular complexity index is 326. The molecule has 0 aliphatic heterocycles. The van der Waals surface area contributed by atoms with E-state index in [4.69, 9.17) is 27.3 Å². The molecule has 1 rings (SSSR count). The predicted molar refractivity (Wildman–Crippen MR) is 56.2 cm³/mol. The molecular weight excluding hydrogens is 200 g/mol. The van der Waals surface area contributed by atoms with Gasteiger partial charge in [-0.15, -0.1) is 0 Å². The summed E-state index contributed by atoms with van der Waals surface area (Å²) in [6, 6.07) is 7.25. The maximum absolute atomic E-state index is 8.32. The van der Waals surface area contributed by atoms with Gasteiger partial charge in [-0.1, -0.05) is 17.7 Å².